The minimum Gasteiger partial charge on any atom is -0.494 e. The fraction of sp³-hybridized carbons (Fsp3) is 0.333. The molecule has 8 nitrogen and oxygen atoms in total. The lowest BCUT2D eigenvalue weighted by Crippen LogP contribution is -2.41. The Labute approximate surface area is 151 Å². The summed E-state index contributed by atoms with van der Waals surface area (Å²) in [6, 6.07) is 8.04. The van der Waals surface area contributed by atoms with E-state index in [4.69, 9.17) is 4.74 Å². The van der Waals surface area contributed by atoms with Crippen LogP contribution in [-0.2, 0) is 9.59 Å². The van der Waals surface area contributed by atoms with Crippen LogP contribution in [0.1, 0.15) is 24.7 Å². The van der Waals surface area contributed by atoms with Gasteiger partial charge < -0.3 is 4.74 Å². The van der Waals surface area contributed by atoms with E-state index in [1.165, 1.54) is 4.90 Å². The maximum Gasteiger partial charge on any atom is 0.253 e. The summed E-state index contributed by atoms with van der Waals surface area (Å²) in [7, 11) is 0. The molecule has 0 unspecified atom stereocenters. The van der Waals surface area contributed by atoms with Gasteiger partial charge in [-0.3, -0.25) is 15.0 Å². The Morgan fingerprint density at radius 2 is 1.81 bits per heavy atom. The van der Waals surface area contributed by atoms with Gasteiger partial charge in [-0.15, -0.1) is 0 Å². The van der Waals surface area contributed by atoms with Crippen LogP contribution in [0.5, 0.6) is 5.75 Å². The normalized spacial score (nSPS) is 16.9. The fourth-order valence-electron chi connectivity index (χ4n) is 2.81. The van der Waals surface area contributed by atoms with Crippen molar-refractivity contribution in [1.82, 2.24) is 15.4 Å². The maximum absolute atomic E-state index is 12.6. The third kappa shape index (κ3) is 3.80. The quantitative estimate of drug-likeness (QED) is 0.602. The van der Waals surface area contributed by atoms with Crippen LogP contribution < -0.4 is 20.5 Å². The fourth-order valence-corrected chi connectivity index (χ4v) is 2.81. The highest BCUT2D eigenvalue weighted by Gasteiger charge is 2.39. The molecule has 2 heterocycles. The summed E-state index contributed by atoms with van der Waals surface area (Å²) < 4.78 is 5.38. The van der Waals surface area contributed by atoms with Crippen LogP contribution in [0.25, 0.3) is 0 Å². The molecular weight excluding hydrogens is 334 g/mol. The lowest BCUT2D eigenvalue weighted by atomic mass is 10.2. The van der Waals surface area contributed by atoms with E-state index >= 15 is 0 Å². The topological polar surface area (TPSA) is 96.5 Å². The van der Waals surface area contributed by atoms with Gasteiger partial charge in [-0.25, -0.2) is 20.3 Å². The Kier molecular flexibility index (Phi) is 5.13. The van der Waals surface area contributed by atoms with Crippen LogP contribution in [0.2, 0.25) is 0 Å². The first-order valence-electron chi connectivity index (χ1n) is 8.41. The zero-order valence-corrected chi connectivity index (χ0v) is 14.9. The molecule has 0 bridgehead atoms. The molecule has 1 atom stereocenters. The van der Waals surface area contributed by atoms with Gasteiger partial charge in [0.05, 0.1) is 18.7 Å². The number of anilines is 2. The number of benzene rings is 1. The van der Waals surface area contributed by atoms with E-state index in [0.717, 1.165) is 11.4 Å². The number of imide groups is 1. The number of aryl methyl sites for hydroxylation is 2. The van der Waals surface area contributed by atoms with Crippen molar-refractivity contribution in [3.05, 3.63) is 41.7 Å². The van der Waals surface area contributed by atoms with Gasteiger partial charge in [0, 0.05) is 11.4 Å². The predicted molar refractivity (Wildman–Crippen MR) is 96.8 cm³/mol. The summed E-state index contributed by atoms with van der Waals surface area (Å²) in [6.45, 7) is 6.17. The Bertz CT molecular complexity index is 802. The van der Waals surface area contributed by atoms with E-state index in [2.05, 4.69) is 20.8 Å². The summed E-state index contributed by atoms with van der Waals surface area (Å²) >= 11 is 0. The molecule has 136 valence electrons. The zero-order valence-electron chi connectivity index (χ0n) is 14.9. The standard InChI is InChI=1S/C18H21N5O3/c1-4-26-14-7-5-13(6-8-14)23-16(24)10-15(17(23)25)21-22-18-19-11(2)9-12(3)20-18/h5-9,15,21H,4,10H2,1-3H3,(H,19,20,22)/t15-/m1/s1. The third-order valence-electron chi connectivity index (χ3n) is 3.89. The molecule has 2 amide bonds. The first-order valence-corrected chi connectivity index (χ1v) is 8.41. The summed E-state index contributed by atoms with van der Waals surface area (Å²) in [4.78, 5) is 34.6. The number of amides is 2. The van der Waals surface area contributed by atoms with Crippen molar-refractivity contribution in [1.29, 1.82) is 0 Å². The summed E-state index contributed by atoms with van der Waals surface area (Å²) in [6.07, 6.45) is 0.0594. The number of hydrogen-bond acceptors (Lipinski definition) is 7. The lowest BCUT2D eigenvalue weighted by Gasteiger charge is -2.16. The number of carbonyl (C=O) groups excluding carboxylic acids is 2. The number of aromatic nitrogens is 2. The molecule has 8 heteroatoms. The van der Waals surface area contributed by atoms with E-state index in [1.54, 1.807) is 24.3 Å². The van der Waals surface area contributed by atoms with Crippen molar-refractivity contribution >= 4 is 23.5 Å². The van der Waals surface area contributed by atoms with Gasteiger partial charge in [0.2, 0.25) is 11.9 Å². The molecule has 1 aliphatic heterocycles. The van der Waals surface area contributed by atoms with Crippen LogP contribution in [-0.4, -0.2) is 34.4 Å². The van der Waals surface area contributed by atoms with Gasteiger partial charge in [-0.05, 0) is 51.1 Å². The van der Waals surface area contributed by atoms with Gasteiger partial charge in [0.1, 0.15) is 11.8 Å². The van der Waals surface area contributed by atoms with Crippen LogP contribution in [0.3, 0.4) is 0 Å². The summed E-state index contributed by atoms with van der Waals surface area (Å²) in [5.41, 5.74) is 7.82. The van der Waals surface area contributed by atoms with Crippen molar-refractivity contribution in [3.8, 4) is 5.75 Å². The van der Waals surface area contributed by atoms with Gasteiger partial charge in [0.15, 0.2) is 0 Å². The molecule has 1 saturated heterocycles. The van der Waals surface area contributed by atoms with E-state index in [-0.39, 0.29) is 18.2 Å². The van der Waals surface area contributed by atoms with Gasteiger partial charge in [-0.1, -0.05) is 0 Å². The second-order valence-corrected chi connectivity index (χ2v) is 5.99. The molecule has 0 saturated carbocycles. The first-order chi connectivity index (χ1) is 12.5. The number of hydrogen-bond donors (Lipinski definition) is 2. The lowest BCUT2D eigenvalue weighted by molar-refractivity contribution is -0.121. The SMILES string of the molecule is CCOc1ccc(N2C(=O)C[C@@H](NNc3nc(C)cc(C)n3)C2=O)cc1. The van der Waals surface area contributed by atoms with Crippen LogP contribution in [0.4, 0.5) is 11.6 Å². The molecule has 1 aromatic carbocycles. The molecule has 0 radical (unpaired) electrons. The van der Waals surface area contributed by atoms with E-state index in [0.29, 0.717) is 24.0 Å². The van der Waals surface area contributed by atoms with Crippen LogP contribution in [0.15, 0.2) is 30.3 Å². The second kappa shape index (κ2) is 7.49. The van der Waals surface area contributed by atoms with E-state index < -0.39 is 6.04 Å². The number of ether oxygens (including phenoxy) is 1. The highest BCUT2D eigenvalue weighted by atomic mass is 16.5. The molecule has 1 fully saturated rings. The average Bonchev–Trinajstić information content (AvgIpc) is 2.87. The van der Waals surface area contributed by atoms with Crippen molar-refractivity contribution in [3.63, 3.8) is 0 Å². The monoisotopic (exact) mass is 355 g/mol. The van der Waals surface area contributed by atoms with Crippen molar-refractivity contribution < 1.29 is 14.3 Å². The number of hydrazine groups is 1. The minimum absolute atomic E-state index is 0.0594. The third-order valence-corrected chi connectivity index (χ3v) is 3.89. The molecule has 1 aliphatic rings. The predicted octanol–water partition coefficient (Wildman–Crippen LogP) is 1.74. The van der Waals surface area contributed by atoms with Crippen LogP contribution in [0, 0.1) is 13.8 Å². The second-order valence-electron chi connectivity index (χ2n) is 5.99. The molecule has 0 aliphatic carbocycles. The number of rotatable bonds is 6. The average molecular weight is 355 g/mol. The molecule has 3 rings (SSSR count). The van der Waals surface area contributed by atoms with Crippen molar-refractivity contribution in [2.45, 2.75) is 33.2 Å². The Hall–Kier alpha value is -3.00. The number of nitrogens with one attached hydrogen (secondary N) is 2. The molecule has 0 spiro atoms. The number of nitrogens with zero attached hydrogens (tertiary/aromatic N) is 3. The molecule has 2 aromatic rings. The largest absolute Gasteiger partial charge is 0.494 e. The van der Waals surface area contributed by atoms with E-state index in [1.807, 2.05) is 26.8 Å². The summed E-state index contributed by atoms with van der Waals surface area (Å²) in [5.74, 6) is 0.469. The summed E-state index contributed by atoms with van der Waals surface area (Å²) in [5, 5.41) is 0. The van der Waals surface area contributed by atoms with Gasteiger partial charge in [-0.2, -0.15) is 0 Å². The molecular formula is C18H21N5O3. The zero-order chi connectivity index (χ0) is 18.7. The molecule has 2 N–H and O–H groups in total. The van der Waals surface area contributed by atoms with Gasteiger partial charge in [0.25, 0.3) is 5.91 Å². The molecule has 26 heavy (non-hydrogen) atoms. The Balaban J connectivity index is 1.68. The maximum atomic E-state index is 12.6. The Morgan fingerprint density at radius 3 is 2.42 bits per heavy atom. The van der Waals surface area contributed by atoms with Gasteiger partial charge >= 0.3 is 0 Å². The van der Waals surface area contributed by atoms with Crippen LogP contribution >= 0.6 is 0 Å². The Morgan fingerprint density at radius 1 is 1.15 bits per heavy atom. The van der Waals surface area contributed by atoms with E-state index in [9.17, 15) is 9.59 Å². The van der Waals surface area contributed by atoms with Crippen molar-refractivity contribution in [2.24, 2.45) is 0 Å². The smallest absolute Gasteiger partial charge is 0.253 e. The minimum atomic E-state index is -0.682. The first kappa shape index (κ1) is 17.8. The number of carbonyl (C=O) groups is 2. The highest BCUT2D eigenvalue weighted by Crippen LogP contribution is 2.25. The van der Waals surface area contributed by atoms with Crippen molar-refractivity contribution in [2.75, 3.05) is 16.9 Å². The highest BCUT2D eigenvalue weighted by molar-refractivity contribution is 6.22. The molecule has 1 aromatic heterocycles.